The zero-order valence-electron chi connectivity index (χ0n) is 32.1. The zero-order chi connectivity index (χ0) is 38.9. The molecule has 0 radical (unpaired) electrons. The van der Waals surface area contributed by atoms with Crippen molar-refractivity contribution >= 4 is 79.0 Å². The minimum atomic E-state index is 0.122. The molecule has 4 nitrogen and oxygen atoms in total. The molecule has 0 atom stereocenters. The van der Waals surface area contributed by atoms with Crippen LogP contribution in [0.15, 0.2) is 218 Å². The van der Waals surface area contributed by atoms with Gasteiger partial charge in [0.25, 0.3) is 0 Å². The van der Waals surface area contributed by atoms with E-state index in [-0.39, 0.29) is 6.71 Å². The van der Waals surface area contributed by atoms with Crippen LogP contribution in [0.2, 0.25) is 0 Å². The summed E-state index contributed by atoms with van der Waals surface area (Å²) in [7, 11) is 0. The van der Waals surface area contributed by atoms with Gasteiger partial charge in [-0.25, -0.2) is 0 Å². The van der Waals surface area contributed by atoms with Gasteiger partial charge in [-0.2, -0.15) is 0 Å². The molecule has 3 heterocycles. The Labute approximate surface area is 343 Å². The number of anilines is 6. The van der Waals surface area contributed by atoms with Gasteiger partial charge in [0.15, 0.2) is 11.5 Å². The van der Waals surface area contributed by atoms with Crippen molar-refractivity contribution in [1.82, 2.24) is 4.57 Å². The topological polar surface area (TPSA) is 20.6 Å². The second-order valence-corrected chi connectivity index (χ2v) is 15.3. The molecule has 10 aromatic rings. The van der Waals surface area contributed by atoms with Crippen LogP contribution >= 0.6 is 0 Å². The summed E-state index contributed by atoms with van der Waals surface area (Å²) in [6.45, 7) is 0.122. The van der Waals surface area contributed by atoms with Crippen LogP contribution in [0.5, 0.6) is 11.5 Å². The number of ether oxygens (including phenoxy) is 1. The maximum atomic E-state index is 6.86. The molecule has 1 aromatic heterocycles. The Kier molecular flexibility index (Phi) is 7.60. The summed E-state index contributed by atoms with van der Waals surface area (Å²) in [5.41, 5.74) is 16.3. The summed E-state index contributed by atoms with van der Waals surface area (Å²) in [6.07, 6.45) is 0. The molecule has 0 saturated carbocycles. The van der Waals surface area contributed by atoms with Gasteiger partial charge in [0, 0.05) is 33.8 Å². The molecular weight excluding hydrogens is 717 g/mol. The summed E-state index contributed by atoms with van der Waals surface area (Å²) < 4.78 is 9.23. The van der Waals surface area contributed by atoms with Crippen LogP contribution in [-0.2, 0) is 0 Å². The maximum Gasteiger partial charge on any atom is 0.246 e. The highest BCUT2D eigenvalue weighted by Gasteiger charge is 2.35. The minimum absolute atomic E-state index is 0.122. The molecule has 0 amide bonds. The van der Waals surface area contributed by atoms with E-state index in [9.17, 15) is 0 Å². The summed E-state index contributed by atoms with van der Waals surface area (Å²) in [5, 5.41) is 2.25. The van der Waals surface area contributed by atoms with Gasteiger partial charge < -0.3 is 19.1 Å². The second kappa shape index (κ2) is 13.4. The lowest BCUT2D eigenvalue weighted by atomic mass is 9.35. The van der Waals surface area contributed by atoms with E-state index in [0.717, 1.165) is 67.3 Å². The normalized spacial score (nSPS) is 12.8. The number of hydrogen-bond acceptors (Lipinski definition) is 3. The molecule has 59 heavy (non-hydrogen) atoms. The lowest BCUT2D eigenvalue weighted by Crippen LogP contribution is -2.57. The molecule has 5 heteroatoms. The number of rotatable bonds is 5. The van der Waals surface area contributed by atoms with Gasteiger partial charge in [-0.05, 0) is 101 Å². The second-order valence-electron chi connectivity index (χ2n) is 15.3. The molecule has 0 unspecified atom stereocenters. The van der Waals surface area contributed by atoms with Gasteiger partial charge in [-0.1, -0.05) is 145 Å². The SMILES string of the molecule is c1ccc(B2c3ccccc3N(c3ccccc3)c3cc(-c4ccc(-n5c6ccccc6c6c7c(ccc65)N(c5ccccc5)c5ccccc5O7)cc4)ccc32)cc1. The van der Waals surface area contributed by atoms with E-state index in [1.165, 1.54) is 33.3 Å². The average Bonchev–Trinajstić information content (AvgIpc) is 3.65. The van der Waals surface area contributed by atoms with Gasteiger partial charge in [0.1, 0.15) is 0 Å². The molecular formula is C54H36BN3O. The third-order valence-electron chi connectivity index (χ3n) is 12.0. The summed E-state index contributed by atoms with van der Waals surface area (Å²) >= 11 is 0. The van der Waals surface area contributed by atoms with E-state index < -0.39 is 0 Å². The van der Waals surface area contributed by atoms with Crippen LogP contribution in [0, 0.1) is 0 Å². The predicted octanol–water partition coefficient (Wildman–Crippen LogP) is 12.3. The van der Waals surface area contributed by atoms with Crippen LogP contribution < -0.4 is 30.9 Å². The van der Waals surface area contributed by atoms with Gasteiger partial charge in [0.2, 0.25) is 6.71 Å². The van der Waals surface area contributed by atoms with Crippen molar-refractivity contribution in [2.24, 2.45) is 0 Å². The van der Waals surface area contributed by atoms with Crippen molar-refractivity contribution in [3.63, 3.8) is 0 Å². The van der Waals surface area contributed by atoms with Crippen molar-refractivity contribution in [3.8, 4) is 28.3 Å². The first-order valence-electron chi connectivity index (χ1n) is 20.2. The lowest BCUT2D eigenvalue weighted by Gasteiger charge is -2.37. The third-order valence-corrected chi connectivity index (χ3v) is 12.0. The first kappa shape index (κ1) is 33.4. The molecule has 0 fully saturated rings. The van der Waals surface area contributed by atoms with Gasteiger partial charge in [-0.15, -0.1) is 0 Å². The lowest BCUT2D eigenvalue weighted by molar-refractivity contribution is 0.483. The van der Waals surface area contributed by atoms with Crippen molar-refractivity contribution < 1.29 is 4.74 Å². The highest BCUT2D eigenvalue weighted by Crippen LogP contribution is 2.54. The van der Waals surface area contributed by atoms with E-state index >= 15 is 0 Å². The number of fused-ring (bicyclic) bond motifs is 8. The van der Waals surface area contributed by atoms with Crippen molar-refractivity contribution in [1.29, 1.82) is 0 Å². The first-order chi connectivity index (χ1) is 29.3. The van der Waals surface area contributed by atoms with Gasteiger partial charge in [0.05, 0.1) is 27.8 Å². The van der Waals surface area contributed by atoms with Crippen molar-refractivity contribution in [2.75, 3.05) is 9.80 Å². The van der Waals surface area contributed by atoms with Crippen LogP contribution in [0.3, 0.4) is 0 Å². The molecule has 0 spiro atoms. The number of aromatic nitrogens is 1. The number of nitrogens with zero attached hydrogens (tertiary/aromatic N) is 3. The fraction of sp³-hybridized carbons (Fsp3) is 0. The zero-order valence-corrected chi connectivity index (χ0v) is 32.1. The van der Waals surface area contributed by atoms with Crippen LogP contribution in [0.25, 0.3) is 38.6 Å². The number of para-hydroxylation sites is 6. The van der Waals surface area contributed by atoms with Crippen LogP contribution in [-0.4, -0.2) is 11.3 Å². The Morgan fingerprint density at radius 2 is 0.966 bits per heavy atom. The minimum Gasteiger partial charge on any atom is -0.452 e. The molecule has 2 aliphatic rings. The van der Waals surface area contributed by atoms with Crippen molar-refractivity contribution in [2.45, 2.75) is 0 Å². The Hall–Kier alpha value is -7.76. The molecule has 9 aromatic carbocycles. The first-order valence-corrected chi connectivity index (χ1v) is 20.2. The standard InChI is InChI=1S/C54H36BN3O/c1-4-16-39(17-5-1)55-44-23-11-13-25-47(44)57(40-18-6-2-7-19-40)51-36-38(30-33-45(51)55)37-28-31-42(32-29-37)56-46-24-12-10-22-43(46)53-49(56)34-35-50-54(53)59-52-27-15-14-26-48(52)58(50)41-20-8-3-9-21-41/h1-36H. The van der Waals surface area contributed by atoms with Crippen LogP contribution in [0.1, 0.15) is 0 Å². The Balaban J connectivity index is 0.989. The average molecular weight is 754 g/mol. The van der Waals surface area contributed by atoms with Crippen LogP contribution in [0.4, 0.5) is 34.1 Å². The van der Waals surface area contributed by atoms with E-state index in [1.807, 2.05) is 6.07 Å². The van der Waals surface area contributed by atoms with E-state index in [0.29, 0.717) is 0 Å². The highest BCUT2D eigenvalue weighted by molar-refractivity contribution is 6.98. The predicted molar refractivity (Wildman–Crippen MR) is 247 cm³/mol. The van der Waals surface area contributed by atoms with E-state index in [4.69, 9.17) is 4.74 Å². The Morgan fingerprint density at radius 1 is 0.373 bits per heavy atom. The largest absolute Gasteiger partial charge is 0.452 e. The molecule has 12 rings (SSSR count). The Morgan fingerprint density at radius 3 is 1.73 bits per heavy atom. The smallest absolute Gasteiger partial charge is 0.246 e. The molecule has 2 aliphatic heterocycles. The van der Waals surface area contributed by atoms with Gasteiger partial charge >= 0.3 is 0 Å². The highest BCUT2D eigenvalue weighted by atomic mass is 16.5. The molecule has 0 saturated heterocycles. The molecule has 0 N–H and O–H groups in total. The number of hydrogen-bond donors (Lipinski definition) is 0. The van der Waals surface area contributed by atoms with Crippen molar-refractivity contribution in [3.05, 3.63) is 218 Å². The molecule has 0 bridgehead atoms. The van der Waals surface area contributed by atoms with E-state index in [1.54, 1.807) is 0 Å². The summed E-state index contributed by atoms with van der Waals surface area (Å²) in [6, 6.07) is 78.5. The summed E-state index contributed by atoms with van der Waals surface area (Å²) in [4.78, 5) is 4.74. The Bertz CT molecular complexity index is 3200. The molecule has 276 valence electrons. The summed E-state index contributed by atoms with van der Waals surface area (Å²) in [5.74, 6) is 1.70. The quantitative estimate of drug-likeness (QED) is 0.163. The number of benzene rings is 9. The monoisotopic (exact) mass is 753 g/mol. The fourth-order valence-corrected chi connectivity index (χ4v) is 9.45. The maximum absolute atomic E-state index is 6.86. The third kappa shape index (κ3) is 5.25. The van der Waals surface area contributed by atoms with E-state index in [2.05, 4.69) is 227 Å². The molecule has 0 aliphatic carbocycles. The fourth-order valence-electron chi connectivity index (χ4n) is 9.45. The van der Waals surface area contributed by atoms with Gasteiger partial charge in [-0.3, -0.25) is 0 Å².